The minimum atomic E-state index is -1.19. The van der Waals surface area contributed by atoms with Gasteiger partial charge in [-0.15, -0.1) is 12.4 Å². The van der Waals surface area contributed by atoms with Gasteiger partial charge in [0.05, 0.1) is 0 Å². The number of carboxylic acids is 1. The maximum atomic E-state index is 9.12. The first-order valence-electron chi connectivity index (χ1n) is 1.10. The van der Waals surface area contributed by atoms with E-state index in [0.717, 1.165) is 0 Å². The third-order valence-electron chi connectivity index (χ3n) is 0.135. The van der Waals surface area contributed by atoms with Crippen molar-refractivity contribution in [3.8, 4) is 0 Å². The van der Waals surface area contributed by atoms with Crippen molar-refractivity contribution in [3.05, 3.63) is 0 Å². The number of aliphatic carboxylic acids is 1. The van der Waals surface area contributed by atoms with E-state index in [0.29, 0.717) is 0 Å². The number of hydrogen-bond acceptors (Lipinski definition) is 2. The topological polar surface area (TPSA) is 57.5 Å². The van der Waals surface area contributed by atoms with E-state index in [4.69, 9.17) is 15.0 Å². The number of hydrogen-bond donors (Lipinski definition) is 2. The van der Waals surface area contributed by atoms with E-state index < -0.39 is 12.6 Å². The number of carboxylic acid groups (broad SMARTS) is 1. The Morgan fingerprint density at radius 3 is 1.71 bits per heavy atom. The fraction of sp³-hybridized carbons (Fsp3) is 0.500. The molecule has 0 heterocycles. The van der Waals surface area contributed by atoms with Gasteiger partial charge in [0.2, 0.25) is 0 Å². The summed E-state index contributed by atoms with van der Waals surface area (Å²) in [6.07, 6.45) is 0. The quantitative estimate of drug-likeness (QED) is 0.447. The summed E-state index contributed by atoms with van der Waals surface area (Å²) < 4.78 is 0. The van der Waals surface area contributed by atoms with Gasteiger partial charge in [-0.25, -0.2) is 4.79 Å². The molecule has 3 nitrogen and oxygen atoms in total. The zero-order valence-corrected chi connectivity index (χ0v) is 3.73. The zero-order valence-electron chi connectivity index (χ0n) is 2.92. The van der Waals surface area contributed by atoms with Crippen LogP contribution < -0.4 is 0 Å². The van der Waals surface area contributed by atoms with Crippen molar-refractivity contribution in [2.24, 2.45) is 0 Å². The second-order valence-electron chi connectivity index (χ2n) is 0.552. The van der Waals surface area contributed by atoms with Crippen LogP contribution in [0.25, 0.3) is 0 Å². The summed E-state index contributed by atoms with van der Waals surface area (Å²) >= 11 is 0. The first-order chi connectivity index (χ1) is 2.27. The standard InChI is InChI=1S/C2H4O3.ClH.Na.H/c3-1-2(4)5;;;/h3H,1H2,(H,4,5);1H;;. The van der Waals surface area contributed by atoms with Crippen LogP contribution in [-0.4, -0.2) is 52.3 Å². The molecule has 0 saturated carbocycles. The fourth-order valence-corrected chi connectivity index (χ4v) is 0. The molecule has 0 bridgehead atoms. The van der Waals surface area contributed by atoms with Crippen LogP contribution in [-0.2, 0) is 4.79 Å². The van der Waals surface area contributed by atoms with Gasteiger partial charge in [0.1, 0.15) is 6.61 Å². The molecule has 0 fully saturated rings. The summed E-state index contributed by atoms with van der Waals surface area (Å²) in [5.74, 6) is -1.19. The Balaban J connectivity index is -0.0000000800. The molecule has 0 aromatic heterocycles. The average Bonchev–Trinajstić information content (AvgIpc) is 1.38. The molecule has 0 unspecified atom stereocenters. The summed E-state index contributed by atoms with van der Waals surface area (Å²) in [6.45, 7) is -0.778. The van der Waals surface area contributed by atoms with Crippen LogP contribution in [0.2, 0.25) is 0 Å². The van der Waals surface area contributed by atoms with Crippen LogP contribution >= 0.6 is 12.4 Å². The number of aliphatic hydroxyl groups excluding tert-OH is 1. The van der Waals surface area contributed by atoms with Gasteiger partial charge in [-0.1, -0.05) is 0 Å². The van der Waals surface area contributed by atoms with Gasteiger partial charge in [-0.05, 0) is 0 Å². The van der Waals surface area contributed by atoms with Crippen molar-refractivity contribution >= 4 is 47.9 Å². The first kappa shape index (κ1) is 15.6. The predicted molar refractivity (Wildman–Crippen MR) is 29.1 cm³/mol. The molecule has 7 heavy (non-hydrogen) atoms. The van der Waals surface area contributed by atoms with E-state index in [-0.39, 0.29) is 42.0 Å². The van der Waals surface area contributed by atoms with Crippen LogP contribution in [0, 0.1) is 0 Å². The first-order valence-corrected chi connectivity index (χ1v) is 1.10. The molecule has 5 heteroatoms. The number of rotatable bonds is 1. The summed E-state index contributed by atoms with van der Waals surface area (Å²) in [5.41, 5.74) is 0. The molecule has 0 aromatic rings. The summed E-state index contributed by atoms with van der Waals surface area (Å²) in [6, 6.07) is 0. The fourth-order valence-electron chi connectivity index (χ4n) is 0. The van der Waals surface area contributed by atoms with Gasteiger partial charge in [0.25, 0.3) is 0 Å². The molecular weight excluding hydrogens is 130 g/mol. The third kappa shape index (κ3) is 20.2. The van der Waals surface area contributed by atoms with E-state index in [1.807, 2.05) is 0 Å². The molecule has 0 saturated heterocycles. The van der Waals surface area contributed by atoms with Crippen LogP contribution in [0.15, 0.2) is 0 Å². The molecule has 0 rings (SSSR count). The van der Waals surface area contributed by atoms with Gasteiger partial charge < -0.3 is 10.2 Å². The molecule has 0 aliphatic carbocycles. The molecule has 0 aromatic carbocycles. The van der Waals surface area contributed by atoms with E-state index in [1.165, 1.54) is 0 Å². The van der Waals surface area contributed by atoms with Gasteiger partial charge in [0.15, 0.2) is 0 Å². The monoisotopic (exact) mass is 136 g/mol. The summed E-state index contributed by atoms with van der Waals surface area (Å²) in [4.78, 5) is 9.12. The van der Waals surface area contributed by atoms with Crippen LogP contribution in [0.4, 0.5) is 0 Å². The average molecular weight is 137 g/mol. The molecule has 0 spiro atoms. The van der Waals surface area contributed by atoms with E-state index in [9.17, 15) is 0 Å². The molecule has 0 atom stereocenters. The molecule has 0 radical (unpaired) electrons. The number of aliphatic hydroxyl groups is 1. The van der Waals surface area contributed by atoms with Gasteiger partial charge in [0, 0.05) is 0 Å². The zero-order chi connectivity index (χ0) is 4.28. The van der Waals surface area contributed by atoms with E-state index >= 15 is 0 Å². The Morgan fingerprint density at radius 2 is 1.71 bits per heavy atom. The van der Waals surface area contributed by atoms with E-state index in [2.05, 4.69) is 0 Å². The maximum absolute atomic E-state index is 9.12. The summed E-state index contributed by atoms with van der Waals surface area (Å²) in [7, 11) is 0. The predicted octanol–water partition coefficient (Wildman–Crippen LogP) is -1.16. The van der Waals surface area contributed by atoms with Crippen molar-refractivity contribution in [3.63, 3.8) is 0 Å². The molecule has 2 N–H and O–H groups in total. The van der Waals surface area contributed by atoms with Crippen molar-refractivity contribution in [1.29, 1.82) is 0 Å². The van der Waals surface area contributed by atoms with Gasteiger partial charge in [-0.2, -0.15) is 0 Å². The van der Waals surface area contributed by atoms with Crippen molar-refractivity contribution in [2.75, 3.05) is 6.61 Å². The third-order valence-corrected chi connectivity index (χ3v) is 0.135. The van der Waals surface area contributed by atoms with Crippen molar-refractivity contribution in [2.45, 2.75) is 0 Å². The van der Waals surface area contributed by atoms with Crippen LogP contribution in [0.1, 0.15) is 0 Å². The van der Waals surface area contributed by atoms with Gasteiger partial charge in [-0.3, -0.25) is 0 Å². The Hall–Kier alpha value is 0.720. The normalized spacial score (nSPS) is 5.29. The van der Waals surface area contributed by atoms with Crippen LogP contribution in [0.3, 0.4) is 0 Å². The Kier molecular flexibility index (Phi) is 22.1. The van der Waals surface area contributed by atoms with Gasteiger partial charge >= 0.3 is 35.5 Å². The molecule has 0 aliphatic rings. The number of halogens is 1. The summed E-state index contributed by atoms with van der Waals surface area (Å²) in [5, 5.41) is 15.0. The van der Waals surface area contributed by atoms with E-state index in [1.54, 1.807) is 0 Å². The van der Waals surface area contributed by atoms with Crippen molar-refractivity contribution in [1.82, 2.24) is 0 Å². The Bertz CT molecular complexity index is 48.2. The second-order valence-corrected chi connectivity index (χ2v) is 0.552. The second kappa shape index (κ2) is 9.87. The number of carbonyl (C=O) groups is 1. The van der Waals surface area contributed by atoms with Crippen LogP contribution in [0.5, 0.6) is 0 Å². The molecule has 0 aliphatic heterocycles. The SMILES string of the molecule is Cl.O=C(O)CO.[NaH]. The Morgan fingerprint density at radius 1 is 1.57 bits per heavy atom. The molecular formula is C2H6ClNaO3. The molecule has 0 amide bonds. The van der Waals surface area contributed by atoms with Crippen molar-refractivity contribution < 1.29 is 15.0 Å². The Labute approximate surface area is 69.4 Å². The molecule has 40 valence electrons. The minimum absolute atomic E-state index is 0.